The summed E-state index contributed by atoms with van der Waals surface area (Å²) in [5.41, 5.74) is 1.17. The molecule has 0 unspecified atom stereocenters. The summed E-state index contributed by atoms with van der Waals surface area (Å²) in [6.45, 7) is 0.228. The lowest BCUT2D eigenvalue weighted by Gasteiger charge is -2.09. The maximum atomic E-state index is 12.5. The number of hydrogen-bond acceptors (Lipinski definition) is 4. The average Bonchev–Trinajstić information content (AvgIpc) is 2.88. The molecule has 1 amide bonds. The van der Waals surface area contributed by atoms with Gasteiger partial charge in [-0.05, 0) is 18.6 Å². The van der Waals surface area contributed by atoms with E-state index >= 15 is 0 Å². The van der Waals surface area contributed by atoms with Crippen LogP contribution in [-0.2, 0) is 27.4 Å². The molecule has 0 aliphatic rings. The Bertz CT molecular complexity index is 870. The highest BCUT2D eigenvalue weighted by molar-refractivity contribution is 5.80. The molecule has 0 saturated heterocycles. The molecule has 1 aromatic carbocycles. The Morgan fingerprint density at radius 3 is 2.26 bits per heavy atom. The zero-order valence-electron chi connectivity index (χ0n) is 14.7. The van der Waals surface area contributed by atoms with Crippen molar-refractivity contribution in [3.8, 4) is 0 Å². The molecule has 0 saturated carbocycles. The highest BCUT2D eigenvalue weighted by Crippen LogP contribution is 2.14. The fourth-order valence-electron chi connectivity index (χ4n) is 2.60. The summed E-state index contributed by atoms with van der Waals surface area (Å²) in [5, 5.41) is 1.60. The van der Waals surface area contributed by atoms with E-state index in [0.29, 0.717) is 12.1 Å². The summed E-state index contributed by atoms with van der Waals surface area (Å²) >= 11 is 0. The number of para-hydroxylation sites is 2. The molecule has 1 heterocycles. The molecule has 0 radical (unpaired) electrons. The Kier molecular flexibility index (Phi) is 6.65. The van der Waals surface area contributed by atoms with Gasteiger partial charge in [0.1, 0.15) is 6.54 Å². The van der Waals surface area contributed by atoms with E-state index in [4.69, 9.17) is 0 Å². The van der Waals surface area contributed by atoms with Crippen LogP contribution in [0.2, 0.25) is 0 Å². The molecular formula is C17H20F3N3O4. The highest BCUT2D eigenvalue weighted by Gasteiger charge is 2.27. The average molecular weight is 387 g/mol. The molecule has 0 atom stereocenters. The molecule has 10 heteroatoms. The lowest BCUT2D eigenvalue weighted by atomic mass is 10.3. The van der Waals surface area contributed by atoms with Crippen molar-refractivity contribution in [2.75, 3.05) is 13.2 Å². The molecule has 148 valence electrons. The predicted molar refractivity (Wildman–Crippen MR) is 91.1 cm³/mol. The Morgan fingerprint density at radius 2 is 1.70 bits per heavy atom. The van der Waals surface area contributed by atoms with E-state index in [-0.39, 0.29) is 18.7 Å². The number of aryl methyl sites for hydroxylation is 2. The molecule has 0 fully saturated rings. The molecular weight excluding hydrogens is 367 g/mol. The number of halogens is 3. The van der Waals surface area contributed by atoms with Crippen molar-refractivity contribution in [3.05, 3.63) is 34.7 Å². The van der Waals surface area contributed by atoms with Crippen molar-refractivity contribution in [2.24, 2.45) is 0 Å². The number of rotatable bonds is 8. The highest BCUT2D eigenvalue weighted by atomic mass is 19.4. The second-order valence-electron chi connectivity index (χ2n) is 5.88. The van der Waals surface area contributed by atoms with Crippen LogP contribution < -0.4 is 11.0 Å². The van der Waals surface area contributed by atoms with Crippen LogP contribution in [0.5, 0.6) is 0 Å². The topological polar surface area (TPSA) is 82.3 Å². The van der Waals surface area contributed by atoms with Gasteiger partial charge < -0.3 is 10.1 Å². The number of nitrogens with one attached hydrogen (secondary N) is 1. The Hall–Kier alpha value is -2.78. The summed E-state index contributed by atoms with van der Waals surface area (Å²) in [4.78, 5) is 35.5. The smallest absolute Gasteiger partial charge is 0.405 e. The van der Waals surface area contributed by atoms with Gasteiger partial charge in [-0.1, -0.05) is 19.1 Å². The van der Waals surface area contributed by atoms with Crippen molar-refractivity contribution in [1.29, 1.82) is 0 Å². The lowest BCUT2D eigenvalue weighted by molar-refractivity contribution is -0.151. The van der Waals surface area contributed by atoms with Gasteiger partial charge in [0.15, 0.2) is 6.61 Å². The second-order valence-corrected chi connectivity index (χ2v) is 5.88. The van der Waals surface area contributed by atoms with E-state index in [1.54, 1.807) is 22.0 Å². The molecule has 0 bridgehead atoms. The van der Waals surface area contributed by atoms with Gasteiger partial charge in [-0.25, -0.2) is 4.79 Å². The first kappa shape index (κ1) is 20.5. The number of aromatic nitrogens is 2. The number of ether oxygens (including phenoxy) is 1. The first-order valence-electron chi connectivity index (χ1n) is 8.40. The summed E-state index contributed by atoms with van der Waals surface area (Å²) in [7, 11) is 0. The summed E-state index contributed by atoms with van der Waals surface area (Å²) < 4.78 is 43.7. The molecule has 2 aromatic rings. The van der Waals surface area contributed by atoms with Crippen molar-refractivity contribution >= 4 is 22.9 Å². The van der Waals surface area contributed by atoms with Gasteiger partial charge in [0.05, 0.1) is 17.5 Å². The van der Waals surface area contributed by atoms with E-state index < -0.39 is 31.2 Å². The first-order chi connectivity index (χ1) is 12.7. The minimum absolute atomic E-state index is 0.0407. The molecule has 7 nitrogen and oxygen atoms in total. The van der Waals surface area contributed by atoms with Crippen LogP contribution in [0, 0.1) is 0 Å². The third-order valence-corrected chi connectivity index (χ3v) is 3.76. The predicted octanol–water partition coefficient (Wildman–Crippen LogP) is 1.82. The fourth-order valence-corrected chi connectivity index (χ4v) is 2.60. The molecule has 1 aromatic heterocycles. The van der Waals surface area contributed by atoms with E-state index in [2.05, 4.69) is 4.74 Å². The second kappa shape index (κ2) is 8.74. The number of nitrogens with zero attached hydrogens (tertiary/aromatic N) is 2. The number of esters is 1. The van der Waals surface area contributed by atoms with E-state index in [1.807, 2.05) is 19.1 Å². The van der Waals surface area contributed by atoms with E-state index in [9.17, 15) is 27.6 Å². The number of imidazole rings is 1. The molecule has 0 aliphatic carbocycles. The zero-order valence-corrected chi connectivity index (χ0v) is 14.7. The van der Waals surface area contributed by atoms with Crippen LogP contribution in [-0.4, -0.2) is 40.3 Å². The monoisotopic (exact) mass is 387 g/mol. The molecule has 27 heavy (non-hydrogen) atoms. The van der Waals surface area contributed by atoms with Crippen molar-refractivity contribution < 1.29 is 27.5 Å². The van der Waals surface area contributed by atoms with Crippen molar-refractivity contribution in [1.82, 2.24) is 14.5 Å². The summed E-state index contributed by atoms with van der Waals surface area (Å²) in [6, 6.07) is 7.16. The molecule has 2 rings (SSSR count). The van der Waals surface area contributed by atoms with Crippen LogP contribution in [0.25, 0.3) is 11.0 Å². The normalized spacial score (nSPS) is 11.6. The third-order valence-electron chi connectivity index (χ3n) is 3.76. The van der Waals surface area contributed by atoms with Gasteiger partial charge in [0.2, 0.25) is 0 Å². The van der Waals surface area contributed by atoms with Gasteiger partial charge in [-0.3, -0.25) is 18.7 Å². The van der Waals surface area contributed by atoms with Crippen LogP contribution >= 0.6 is 0 Å². The van der Waals surface area contributed by atoms with Gasteiger partial charge in [-0.2, -0.15) is 13.2 Å². The van der Waals surface area contributed by atoms with E-state index in [0.717, 1.165) is 11.9 Å². The van der Waals surface area contributed by atoms with Crippen LogP contribution in [0.4, 0.5) is 13.2 Å². The number of carbonyl (C=O) groups excluding carboxylic acids is 2. The number of alkyl halides is 3. The molecule has 1 N–H and O–H groups in total. The zero-order chi connectivity index (χ0) is 20.0. The van der Waals surface area contributed by atoms with Crippen molar-refractivity contribution in [3.63, 3.8) is 0 Å². The fraction of sp³-hybridized carbons (Fsp3) is 0.471. The molecule has 0 aliphatic heterocycles. The van der Waals surface area contributed by atoms with E-state index in [1.165, 1.54) is 4.57 Å². The van der Waals surface area contributed by atoms with Gasteiger partial charge in [0, 0.05) is 13.1 Å². The number of hydrogen-bond donors (Lipinski definition) is 1. The summed E-state index contributed by atoms with van der Waals surface area (Å²) in [5.74, 6) is -1.83. The van der Waals surface area contributed by atoms with Crippen LogP contribution in [0.1, 0.15) is 19.8 Å². The Balaban J connectivity index is 1.95. The summed E-state index contributed by atoms with van der Waals surface area (Å²) in [6.07, 6.45) is -3.96. The minimum atomic E-state index is -4.53. The van der Waals surface area contributed by atoms with Crippen LogP contribution in [0.15, 0.2) is 29.1 Å². The molecule has 0 spiro atoms. The lowest BCUT2D eigenvalue weighted by Crippen LogP contribution is -2.36. The third kappa shape index (κ3) is 5.60. The number of carbonyl (C=O) groups is 2. The first-order valence-corrected chi connectivity index (χ1v) is 8.40. The quantitative estimate of drug-likeness (QED) is 0.701. The van der Waals surface area contributed by atoms with Crippen molar-refractivity contribution in [2.45, 2.75) is 39.0 Å². The minimum Gasteiger partial charge on any atom is -0.456 e. The maximum Gasteiger partial charge on any atom is 0.405 e. The maximum absolute atomic E-state index is 12.5. The van der Waals surface area contributed by atoms with Gasteiger partial charge >= 0.3 is 17.8 Å². The van der Waals surface area contributed by atoms with Gasteiger partial charge in [0.25, 0.3) is 5.91 Å². The largest absolute Gasteiger partial charge is 0.456 e. The number of benzene rings is 1. The number of amides is 1. The standard InChI is InChI=1S/C17H20F3N3O4/c1-2-8-22-12-5-3-4-6-13(12)23(16(22)26)9-7-15(25)27-10-14(24)21-11-17(18,19)20/h3-6H,2,7-11H2,1H3,(H,21,24). The Morgan fingerprint density at radius 1 is 1.11 bits per heavy atom. The van der Waals surface area contributed by atoms with Gasteiger partial charge in [-0.15, -0.1) is 0 Å². The number of fused-ring (bicyclic) bond motifs is 1. The Labute approximate surface area is 152 Å². The SMILES string of the molecule is CCCn1c(=O)n(CCC(=O)OCC(=O)NCC(F)(F)F)c2ccccc21. The van der Waals surface area contributed by atoms with Crippen LogP contribution in [0.3, 0.4) is 0 Å².